The maximum Gasteiger partial charge on any atom is 0.228 e. The number of rotatable bonds is 2. The number of nitrogens with two attached hydrogens (primary N) is 1. The van der Waals surface area contributed by atoms with Crippen LogP contribution in [0.15, 0.2) is 23.1 Å². The number of halogens is 1. The van der Waals surface area contributed by atoms with E-state index in [0.29, 0.717) is 18.8 Å². The van der Waals surface area contributed by atoms with E-state index in [4.69, 9.17) is 5.73 Å². The van der Waals surface area contributed by atoms with E-state index in [1.54, 1.807) is 17.8 Å². The second kappa shape index (κ2) is 5.06. The standard InChI is InChI=1S/C12H15FN2OS/c1-8-7-15(11(16)5-6-14)12-9(13)3-2-4-10(12)17-8/h2-4,8H,5-7,14H2,1H3. The molecule has 0 aromatic heterocycles. The van der Waals surface area contributed by atoms with Gasteiger partial charge in [0.25, 0.3) is 0 Å². The van der Waals surface area contributed by atoms with Crippen molar-refractivity contribution in [3.05, 3.63) is 24.0 Å². The molecule has 0 radical (unpaired) electrons. The summed E-state index contributed by atoms with van der Waals surface area (Å²) in [4.78, 5) is 14.3. The lowest BCUT2D eigenvalue weighted by molar-refractivity contribution is -0.118. The van der Waals surface area contributed by atoms with Gasteiger partial charge in [0.05, 0.1) is 5.69 Å². The van der Waals surface area contributed by atoms with Gasteiger partial charge in [-0.05, 0) is 12.1 Å². The number of hydrogen-bond donors (Lipinski definition) is 1. The molecule has 1 aliphatic rings. The lowest BCUT2D eigenvalue weighted by atomic mass is 10.2. The average molecular weight is 254 g/mol. The molecule has 0 saturated heterocycles. The number of hydrogen-bond acceptors (Lipinski definition) is 3. The van der Waals surface area contributed by atoms with E-state index in [-0.39, 0.29) is 23.4 Å². The summed E-state index contributed by atoms with van der Waals surface area (Å²) in [5.74, 6) is -0.446. The molecule has 1 heterocycles. The average Bonchev–Trinajstić information content (AvgIpc) is 2.28. The molecule has 1 atom stereocenters. The number of para-hydroxylation sites is 1. The van der Waals surface area contributed by atoms with E-state index in [1.807, 2.05) is 13.0 Å². The fourth-order valence-electron chi connectivity index (χ4n) is 1.94. The van der Waals surface area contributed by atoms with Gasteiger partial charge in [0.1, 0.15) is 5.82 Å². The number of carbonyl (C=O) groups excluding carboxylic acids is 1. The van der Waals surface area contributed by atoms with E-state index in [9.17, 15) is 9.18 Å². The summed E-state index contributed by atoms with van der Waals surface area (Å²) < 4.78 is 13.8. The van der Waals surface area contributed by atoms with Crippen molar-refractivity contribution in [3.8, 4) is 0 Å². The maximum atomic E-state index is 13.8. The molecule has 0 spiro atoms. The van der Waals surface area contributed by atoms with Crippen LogP contribution in [0.3, 0.4) is 0 Å². The van der Waals surface area contributed by atoms with E-state index in [0.717, 1.165) is 4.90 Å². The first-order valence-electron chi connectivity index (χ1n) is 5.59. The predicted octanol–water partition coefficient (Wildman–Crippen LogP) is 2.00. The lowest BCUT2D eigenvalue weighted by Gasteiger charge is -2.32. The van der Waals surface area contributed by atoms with E-state index >= 15 is 0 Å². The molecular weight excluding hydrogens is 239 g/mol. The molecule has 92 valence electrons. The number of anilines is 1. The van der Waals surface area contributed by atoms with Gasteiger partial charge in [0.15, 0.2) is 0 Å². The van der Waals surface area contributed by atoms with Gasteiger partial charge in [-0.1, -0.05) is 13.0 Å². The molecule has 1 aromatic carbocycles. The first-order chi connectivity index (χ1) is 8.13. The first-order valence-corrected chi connectivity index (χ1v) is 6.47. The molecule has 0 fully saturated rings. The predicted molar refractivity (Wildman–Crippen MR) is 67.7 cm³/mol. The van der Waals surface area contributed by atoms with Crippen molar-refractivity contribution in [3.63, 3.8) is 0 Å². The van der Waals surface area contributed by atoms with Crippen LogP contribution in [0.5, 0.6) is 0 Å². The molecule has 1 unspecified atom stereocenters. The van der Waals surface area contributed by atoms with Crippen molar-refractivity contribution < 1.29 is 9.18 Å². The van der Waals surface area contributed by atoms with Crippen LogP contribution in [0.2, 0.25) is 0 Å². The minimum atomic E-state index is -0.340. The largest absolute Gasteiger partial charge is 0.330 e. The molecule has 1 aromatic rings. The summed E-state index contributed by atoms with van der Waals surface area (Å²) >= 11 is 1.60. The Bertz CT molecular complexity index is 439. The second-order valence-corrected chi connectivity index (χ2v) is 5.54. The molecule has 5 heteroatoms. The molecule has 17 heavy (non-hydrogen) atoms. The Morgan fingerprint density at radius 1 is 1.65 bits per heavy atom. The minimum absolute atomic E-state index is 0.106. The number of thioether (sulfide) groups is 1. The van der Waals surface area contributed by atoms with Crippen molar-refractivity contribution in [1.29, 1.82) is 0 Å². The lowest BCUT2D eigenvalue weighted by Crippen LogP contribution is -2.40. The highest BCUT2D eigenvalue weighted by Crippen LogP contribution is 2.40. The summed E-state index contributed by atoms with van der Waals surface area (Å²) in [6.45, 7) is 2.86. The van der Waals surface area contributed by atoms with Gasteiger partial charge in [-0.15, -0.1) is 11.8 Å². The minimum Gasteiger partial charge on any atom is -0.330 e. The number of nitrogens with zero attached hydrogens (tertiary/aromatic N) is 1. The Morgan fingerprint density at radius 2 is 2.41 bits per heavy atom. The third-order valence-corrected chi connectivity index (χ3v) is 3.78. The van der Waals surface area contributed by atoms with Crippen LogP contribution in [0.25, 0.3) is 0 Å². The number of carbonyl (C=O) groups is 1. The molecule has 1 aliphatic heterocycles. The Kier molecular flexibility index (Phi) is 3.69. The molecule has 2 rings (SSSR count). The van der Waals surface area contributed by atoms with Crippen LogP contribution >= 0.6 is 11.8 Å². The van der Waals surface area contributed by atoms with Crippen LogP contribution in [0.4, 0.5) is 10.1 Å². The van der Waals surface area contributed by atoms with E-state index < -0.39 is 0 Å². The van der Waals surface area contributed by atoms with Crippen molar-refractivity contribution >= 4 is 23.4 Å². The van der Waals surface area contributed by atoms with Crippen molar-refractivity contribution in [2.45, 2.75) is 23.5 Å². The van der Waals surface area contributed by atoms with Crippen LogP contribution in [-0.2, 0) is 4.79 Å². The quantitative estimate of drug-likeness (QED) is 0.878. The number of fused-ring (bicyclic) bond motifs is 1. The normalized spacial score (nSPS) is 19.0. The summed E-state index contributed by atoms with van der Waals surface area (Å²) in [7, 11) is 0. The first kappa shape index (κ1) is 12.4. The third kappa shape index (κ3) is 2.45. The zero-order valence-corrected chi connectivity index (χ0v) is 10.5. The van der Waals surface area contributed by atoms with Gasteiger partial charge < -0.3 is 10.6 Å². The second-order valence-electron chi connectivity index (χ2n) is 4.06. The fraction of sp³-hybridized carbons (Fsp3) is 0.417. The van der Waals surface area contributed by atoms with Gasteiger partial charge in [-0.25, -0.2) is 4.39 Å². The van der Waals surface area contributed by atoms with Crippen LogP contribution in [0.1, 0.15) is 13.3 Å². The molecule has 3 nitrogen and oxygen atoms in total. The highest BCUT2D eigenvalue weighted by atomic mass is 32.2. The van der Waals surface area contributed by atoms with Gasteiger partial charge in [0.2, 0.25) is 5.91 Å². The SMILES string of the molecule is CC1CN(C(=O)CCN)c2c(F)cccc2S1. The zero-order chi connectivity index (χ0) is 12.4. The van der Waals surface area contributed by atoms with E-state index in [1.165, 1.54) is 11.0 Å². The zero-order valence-electron chi connectivity index (χ0n) is 9.65. The van der Waals surface area contributed by atoms with Crippen LogP contribution in [-0.4, -0.2) is 24.2 Å². The highest BCUT2D eigenvalue weighted by Gasteiger charge is 2.28. The smallest absolute Gasteiger partial charge is 0.228 e. The molecule has 0 bridgehead atoms. The Morgan fingerprint density at radius 3 is 3.12 bits per heavy atom. The van der Waals surface area contributed by atoms with Crippen LogP contribution in [0, 0.1) is 5.82 Å². The number of benzene rings is 1. The monoisotopic (exact) mass is 254 g/mol. The molecule has 0 aliphatic carbocycles. The topological polar surface area (TPSA) is 46.3 Å². The molecule has 0 saturated carbocycles. The van der Waals surface area contributed by atoms with Gasteiger partial charge in [-0.2, -0.15) is 0 Å². The summed E-state index contributed by atoms with van der Waals surface area (Å²) in [5.41, 5.74) is 5.79. The molecule has 1 amide bonds. The van der Waals surface area contributed by atoms with Crippen molar-refractivity contribution in [2.24, 2.45) is 5.73 Å². The summed E-state index contributed by atoms with van der Waals surface area (Å²) in [6.07, 6.45) is 0.255. The fourth-order valence-corrected chi connectivity index (χ4v) is 3.07. The van der Waals surface area contributed by atoms with Gasteiger partial charge in [-0.3, -0.25) is 4.79 Å². The Hall–Kier alpha value is -1.07. The van der Waals surface area contributed by atoms with Crippen LogP contribution < -0.4 is 10.6 Å². The van der Waals surface area contributed by atoms with Crippen molar-refractivity contribution in [1.82, 2.24) is 0 Å². The van der Waals surface area contributed by atoms with Crippen molar-refractivity contribution in [2.75, 3.05) is 18.0 Å². The molecular formula is C12H15FN2OS. The van der Waals surface area contributed by atoms with Gasteiger partial charge in [0, 0.05) is 29.7 Å². The van der Waals surface area contributed by atoms with Gasteiger partial charge >= 0.3 is 0 Å². The highest BCUT2D eigenvalue weighted by molar-refractivity contribution is 8.00. The molecule has 2 N–H and O–H groups in total. The Labute approximate surface area is 104 Å². The maximum absolute atomic E-state index is 13.8. The third-order valence-electron chi connectivity index (χ3n) is 2.65. The Balaban J connectivity index is 2.39. The summed E-state index contributed by atoms with van der Waals surface area (Å²) in [5, 5.41) is 0.269. The summed E-state index contributed by atoms with van der Waals surface area (Å²) in [6, 6.07) is 4.91. The number of amides is 1. The van der Waals surface area contributed by atoms with E-state index in [2.05, 4.69) is 0 Å².